The normalized spacial score (nSPS) is 40.7. The minimum atomic E-state index is -1.39. The van der Waals surface area contributed by atoms with Crippen LogP contribution in [0.3, 0.4) is 0 Å². The summed E-state index contributed by atoms with van der Waals surface area (Å²) in [5, 5.41) is 24.6. The Bertz CT molecular complexity index is 2180. The summed E-state index contributed by atoms with van der Waals surface area (Å²) in [6, 6.07) is 12.8. The molecule has 1 unspecified atom stereocenters. The van der Waals surface area contributed by atoms with Gasteiger partial charge in [-0.15, -0.1) is 0 Å². The summed E-state index contributed by atoms with van der Waals surface area (Å²) in [4.78, 5) is 45.8. The van der Waals surface area contributed by atoms with Gasteiger partial charge in [0.2, 0.25) is 0 Å². The van der Waals surface area contributed by atoms with Crippen molar-refractivity contribution in [2.75, 3.05) is 27.9 Å². The predicted molar refractivity (Wildman–Crippen MR) is 221 cm³/mol. The quantitative estimate of drug-likeness (QED) is 0.141. The molecule has 10 heteroatoms. The van der Waals surface area contributed by atoms with Gasteiger partial charge in [-0.1, -0.05) is 45.9 Å². The van der Waals surface area contributed by atoms with E-state index in [1.54, 1.807) is 32.3 Å². The average molecular weight is 808 g/mol. The number of aliphatic hydroxyl groups is 2. The number of carbonyl (C=O) groups is 3. The van der Waals surface area contributed by atoms with Crippen molar-refractivity contribution in [3.05, 3.63) is 77.4 Å². The monoisotopic (exact) mass is 807 g/mol. The van der Waals surface area contributed by atoms with E-state index >= 15 is 9.59 Å². The fourth-order valence-electron chi connectivity index (χ4n) is 14.2. The Morgan fingerprint density at radius 3 is 2.12 bits per heavy atom. The van der Waals surface area contributed by atoms with Crippen LogP contribution in [0.5, 0.6) is 17.2 Å². The third-order valence-corrected chi connectivity index (χ3v) is 18.3. The topological polar surface area (TPSA) is 132 Å². The van der Waals surface area contributed by atoms with Crippen molar-refractivity contribution in [3.63, 3.8) is 0 Å². The summed E-state index contributed by atoms with van der Waals surface area (Å²) in [5.41, 5.74) is -4.26. The Hall–Kier alpha value is -4.15. The number of methoxy groups -OCH3 is 3. The Morgan fingerprint density at radius 1 is 0.814 bits per heavy atom. The molecule has 1 amide bonds. The molecule has 1 heterocycles. The second kappa shape index (κ2) is 12.9. The number of Topliss-reactive ketones (excluding diaryl/α,β-unsaturated/α-hetero) is 1. The number of hydrogen-bond acceptors (Lipinski definition) is 9. The Kier molecular flexibility index (Phi) is 8.83. The highest BCUT2D eigenvalue weighted by Crippen LogP contribution is 2.78. The van der Waals surface area contributed by atoms with Crippen molar-refractivity contribution in [2.24, 2.45) is 44.3 Å². The molecule has 7 aliphatic carbocycles. The summed E-state index contributed by atoms with van der Waals surface area (Å²) in [5.74, 6) is 1.16. The number of benzene rings is 2. The van der Waals surface area contributed by atoms with Crippen LogP contribution < -0.4 is 14.2 Å². The summed E-state index contributed by atoms with van der Waals surface area (Å²) >= 11 is 0. The van der Waals surface area contributed by atoms with Crippen molar-refractivity contribution in [1.82, 2.24) is 4.90 Å². The molecule has 4 bridgehead atoms. The fourth-order valence-corrected chi connectivity index (χ4v) is 14.2. The molecule has 316 valence electrons. The van der Waals surface area contributed by atoms with Crippen LogP contribution in [-0.4, -0.2) is 78.0 Å². The number of nitrogens with zero attached hydrogens (tertiary/aromatic N) is 1. The summed E-state index contributed by atoms with van der Waals surface area (Å²) in [6.07, 6.45) is 12.1. The maximum atomic E-state index is 15.5. The number of ether oxygens (including phenoxy) is 4. The van der Waals surface area contributed by atoms with Gasteiger partial charge in [-0.05, 0) is 118 Å². The van der Waals surface area contributed by atoms with Gasteiger partial charge in [0, 0.05) is 51.0 Å². The second-order valence-electron chi connectivity index (χ2n) is 20.4. The van der Waals surface area contributed by atoms with E-state index in [0.29, 0.717) is 67.8 Å². The van der Waals surface area contributed by atoms with Crippen LogP contribution in [0.2, 0.25) is 0 Å². The number of aliphatic hydroxyl groups excluding tert-OH is 1. The molecule has 2 aromatic rings. The highest BCUT2D eigenvalue weighted by molar-refractivity contribution is 6.10. The molecule has 59 heavy (non-hydrogen) atoms. The lowest BCUT2D eigenvalue weighted by molar-refractivity contribution is -0.187. The zero-order valence-corrected chi connectivity index (χ0v) is 36.0. The molecule has 2 N–H and O–H groups in total. The molecule has 2 aromatic carbocycles. The summed E-state index contributed by atoms with van der Waals surface area (Å²) in [7, 11) is 4.79. The first-order valence-corrected chi connectivity index (χ1v) is 21.6. The zero-order chi connectivity index (χ0) is 42.2. The fraction of sp³-hybridized carbons (Fsp3) is 0.612. The SMILES string of the molecule is COc1ccc(C(=O)C2=C[C@@]34C=C[C@@]25[C@@H]2CC[C@@](O)(CN(Cc6ccc(OC)cc6OC)C(=O)[C@@]67CC[C@@](C)(C(=O)O6)C7(C)C)[C@@]2(C)CC[C@@H]5[C@@]3(C)CCC(O)C4)cc1. The van der Waals surface area contributed by atoms with Gasteiger partial charge >= 0.3 is 5.97 Å². The van der Waals surface area contributed by atoms with Crippen molar-refractivity contribution in [3.8, 4) is 17.2 Å². The molecule has 4 saturated carbocycles. The van der Waals surface area contributed by atoms with E-state index < -0.39 is 44.4 Å². The first-order valence-electron chi connectivity index (χ1n) is 21.6. The Labute approximate surface area is 348 Å². The van der Waals surface area contributed by atoms with Gasteiger partial charge in [-0.2, -0.15) is 0 Å². The Morgan fingerprint density at radius 2 is 1.47 bits per heavy atom. The highest BCUT2D eigenvalue weighted by Gasteiger charge is 2.78. The molecule has 0 radical (unpaired) electrons. The lowest BCUT2D eigenvalue weighted by Gasteiger charge is -2.71. The van der Waals surface area contributed by atoms with Crippen molar-refractivity contribution in [1.29, 1.82) is 0 Å². The van der Waals surface area contributed by atoms with E-state index in [0.717, 1.165) is 24.0 Å². The molecule has 5 fully saturated rings. The van der Waals surface area contributed by atoms with E-state index in [1.807, 2.05) is 57.2 Å². The maximum Gasteiger partial charge on any atom is 0.313 e. The van der Waals surface area contributed by atoms with E-state index in [-0.39, 0.29) is 48.0 Å². The van der Waals surface area contributed by atoms with Crippen LogP contribution in [0.4, 0.5) is 0 Å². The number of ketones is 1. The molecule has 1 aliphatic heterocycles. The molecule has 2 spiro atoms. The number of amides is 1. The molecule has 0 aromatic heterocycles. The molecule has 10 nitrogen and oxygen atoms in total. The van der Waals surface area contributed by atoms with Gasteiger partial charge in [-0.3, -0.25) is 14.4 Å². The highest BCUT2D eigenvalue weighted by atomic mass is 16.6. The van der Waals surface area contributed by atoms with Gasteiger partial charge in [0.15, 0.2) is 11.4 Å². The third-order valence-electron chi connectivity index (χ3n) is 18.3. The third kappa shape index (κ3) is 4.96. The van der Waals surface area contributed by atoms with Crippen molar-refractivity contribution >= 4 is 17.7 Å². The van der Waals surface area contributed by atoms with Gasteiger partial charge in [-0.25, -0.2) is 0 Å². The van der Waals surface area contributed by atoms with Crippen molar-refractivity contribution in [2.45, 2.75) is 116 Å². The zero-order valence-electron chi connectivity index (χ0n) is 36.0. The second-order valence-corrected chi connectivity index (χ2v) is 20.4. The number of rotatable bonds is 10. The van der Waals surface area contributed by atoms with E-state index in [1.165, 1.54) is 0 Å². The van der Waals surface area contributed by atoms with Gasteiger partial charge in [0.1, 0.15) is 17.2 Å². The minimum absolute atomic E-state index is 0.0173. The Balaban J connectivity index is 1.14. The van der Waals surface area contributed by atoms with E-state index in [9.17, 15) is 15.0 Å². The molecule has 8 aliphatic rings. The first-order chi connectivity index (χ1) is 27.8. The maximum absolute atomic E-state index is 15.5. The first kappa shape index (κ1) is 40.3. The smallest absolute Gasteiger partial charge is 0.313 e. The lowest BCUT2D eigenvalue weighted by Crippen LogP contribution is -2.67. The number of fused-ring (bicyclic) bond motifs is 3. The molecular weight excluding hydrogens is 747 g/mol. The molecular formula is C49H61NO9. The van der Waals surface area contributed by atoms with Crippen LogP contribution in [-0.2, 0) is 20.9 Å². The van der Waals surface area contributed by atoms with Crippen LogP contribution in [0, 0.1) is 44.3 Å². The largest absolute Gasteiger partial charge is 0.497 e. The number of allylic oxidation sites excluding steroid dienone is 4. The number of hydrogen-bond donors (Lipinski definition) is 2. The summed E-state index contributed by atoms with van der Waals surface area (Å²) in [6.45, 7) is 10.5. The molecule has 10 rings (SSSR count). The minimum Gasteiger partial charge on any atom is -0.497 e. The van der Waals surface area contributed by atoms with Crippen LogP contribution in [0.15, 0.2) is 66.3 Å². The van der Waals surface area contributed by atoms with Gasteiger partial charge in [0.05, 0.1) is 45.0 Å². The van der Waals surface area contributed by atoms with E-state index in [4.69, 9.17) is 18.9 Å². The number of carbonyl (C=O) groups excluding carboxylic acids is 3. The van der Waals surface area contributed by atoms with Crippen LogP contribution >= 0.6 is 0 Å². The lowest BCUT2D eigenvalue weighted by atomic mass is 9.32. The standard InChI is InChI=1S/C49H61NO9/c1-42(2)45(5)21-24-49(42,59-41(45)54)40(53)50(28-31-11-14-34(57-7)25-36(31)58-8)29-47(55)20-17-38-44(47,4)19-16-37-43(3)18-15-32(51)26-46(43)22-23-48(37,38)35(27-46)39(52)30-9-12-33(56-6)13-10-30/h9-14,22-23,25,27,32,37-38,51,55H,15-21,24,26,28-29H2,1-8H3/t32?,37-,38-,43-,44+,45+,46+,47-,48-,49-/m1/s1. The number of esters is 1. The average Bonchev–Trinajstić information content (AvgIpc) is 3.67. The predicted octanol–water partition coefficient (Wildman–Crippen LogP) is 7.64. The summed E-state index contributed by atoms with van der Waals surface area (Å²) < 4.78 is 23.0. The van der Waals surface area contributed by atoms with E-state index in [2.05, 4.69) is 32.1 Å². The van der Waals surface area contributed by atoms with Crippen LogP contribution in [0.25, 0.3) is 0 Å². The van der Waals surface area contributed by atoms with Gasteiger partial charge < -0.3 is 34.1 Å². The van der Waals surface area contributed by atoms with Gasteiger partial charge in [0.25, 0.3) is 5.91 Å². The van der Waals surface area contributed by atoms with Crippen LogP contribution in [0.1, 0.15) is 108 Å². The van der Waals surface area contributed by atoms with Crippen molar-refractivity contribution < 1.29 is 43.5 Å². The molecule has 10 atom stereocenters. The molecule has 1 saturated heterocycles.